The van der Waals surface area contributed by atoms with Crippen molar-refractivity contribution in [2.24, 2.45) is 0 Å². The van der Waals surface area contributed by atoms with Crippen molar-refractivity contribution < 1.29 is 4.74 Å². The van der Waals surface area contributed by atoms with E-state index >= 15 is 0 Å². The summed E-state index contributed by atoms with van der Waals surface area (Å²) >= 11 is 0. The lowest BCUT2D eigenvalue weighted by atomic mass is 10.00. The van der Waals surface area contributed by atoms with Crippen LogP contribution in [0.2, 0.25) is 0 Å². The van der Waals surface area contributed by atoms with Crippen LogP contribution in [-0.2, 0) is 11.2 Å². The third-order valence-electron chi connectivity index (χ3n) is 3.33. The highest BCUT2D eigenvalue weighted by Crippen LogP contribution is 2.17. The molecule has 2 unspecified atom stereocenters. The zero-order valence-corrected chi connectivity index (χ0v) is 10.6. The summed E-state index contributed by atoms with van der Waals surface area (Å²) in [6, 6.07) is 0.621. The van der Waals surface area contributed by atoms with Crippen LogP contribution in [0.1, 0.15) is 38.4 Å². The van der Waals surface area contributed by atoms with Gasteiger partial charge in [-0.3, -0.25) is 0 Å². The van der Waals surface area contributed by atoms with E-state index in [1.807, 2.05) is 6.20 Å². The molecule has 0 spiro atoms. The first-order chi connectivity index (χ1) is 8.38. The van der Waals surface area contributed by atoms with Gasteiger partial charge in [0.25, 0.3) is 0 Å². The van der Waals surface area contributed by atoms with Gasteiger partial charge in [0.15, 0.2) is 0 Å². The van der Waals surface area contributed by atoms with Crippen molar-refractivity contribution in [1.29, 1.82) is 0 Å². The number of aromatic nitrogens is 2. The number of nitrogens with zero attached hydrogens (tertiary/aromatic N) is 1. The molecule has 0 amide bonds. The number of nitrogens with one attached hydrogen (secondary N) is 2. The van der Waals surface area contributed by atoms with Gasteiger partial charge in [0.1, 0.15) is 5.82 Å². The topological polar surface area (TPSA) is 49.9 Å². The Bertz CT molecular complexity index is 298. The number of hydrogen-bond acceptors (Lipinski definition) is 3. The maximum atomic E-state index is 5.74. The minimum Gasteiger partial charge on any atom is -0.378 e. The molecule has 2 rings (SSSR count). The maximum absolute atomic E-state index is 5.74. The molecule has 0 bridgehead atoms. The normalized spacial score (nSPS) is 25.0. The molecule has 0 radical (unpaired) electrons. The summed E-state index contributed by atoms with van der Waals surface area (Å²) in [6.07, 6.45) is 9.82. The SMILES string of the molecule is CCCC1CC(NCCc2ncc[nH]2)CCO1. The quantitative estimate of drug-likeness (QED) is 0.794. The predicted molar refractivity (Wildman–Crippen MR) is 68.0 cm³/mol. The molecule has 17 heavy (non-hydrogen) atoms. The van der Waals surface area contributed by atoms with E-state index in [2.05, 4.69) is 22.2 Å². The second-order valence-corrected chi connectivity index (χ2v) is 4.74. The molecule has 1 aliphatic heterocycles. The van der Waals surface area contributed by atoms with Gasteiger partial charge in [-0.25, -0.2) is 4.98 Å². The van der Waals surface area contributed by atoms with Crippen LogP contribution in [0.3, 0.4) is 0 Å². The van der Waals surface area contributed by atoms with Crippen molar-refractivity contribution in [3.05, 3.63) is 18.2 Å². The Labute approximate surface area is 103 Å². The van der Waals surface area contributed by atoms with E-state index in [1.165, 1.54) is 12.8 Å². The summed E-state index contributed by atoms with van der Waals surface area (Å²) in [4.78, 5) is 7.35. The van der Waals surface area contributed by atoms with Crippen LogP contribution in [0.15, 0.2) is 12.4 Å². The minimum atomic E-state index is 0.467. The number of rotatable bonds is 6. The second kappa shape index (κ2) is 6.77. The van der Waals surface area contributed by atoms with Crippen LogP contribution in [0, 0.1) is 0 Å². The van der Waals surface area contributed by atoms with Gasteiger partial charge in [-0.15, -0.1) is 0 Å². The van der Waals surface area contributed by atoms with Crippen molar-refractivity contribution in [3.63, 3.8) is 0 Å². The molecule has 1 saturated heterocycles. The van der Waals surface area contributed by atoms with Gasteiger partial charge < -0.3 is 15.0 Å². The van der Waals surface area contributed by atoms with Gasteiger partial charge in [0.05, 0.1) is 6.10 Å². The van der Waals surface area contributed by atoms with Gasteiger partial charge in [0, 0.05) is 38.0 Å². The largest absolute Gasteiger partial charge is 0.378 e. The predicted octanol–water partition coefficient (Wildman–Crippen LogP) is 1.89. The number of imidazole rings is 1. The Morgan fingerprint density at radius 1 is 1.59 bits per heavy atom. The fraction of sp³-hybridized carbons (Fsp3) is 0.769. The highest BCUT2D eigenvalue weighted by Gasteiger charge is 2.21. The number of hydrogen-bond donors (Lipinski definition) is 2. The van der Waals surface area contributed by atoms with Crippen LogP contribution >= 0.6 is 0 Å². The Hall–Kier alpha value is -0.870. The van der Waals surface area contributed by atoms with Crippen LogP contribution in [0.4, 0.5) is 0 Å². The molecular weight excluding hydrogens is 214 g/mol. The van der Waals surface area contributed by atoms with E-state index in [9.17, 15) is 0 Å². The number of H-pyrrole nitrogens is 1. The summed E-state index contributed by atoms with van der Waals surface area (Å²) in [5.74, 6) is 1.06. The first-order valence-corrected chi connectivity index (χ1v) is 6.71. The third-order valence-corrected chi connectivity index (χ3v) is 3.33. The van der Waals surface area contributed by atoms with Crippen molar-refractivity contribution >= 4 is 0 Å². The van der Waals surface area contributed by atoms with Crippen LogP contribution < -0.4 is 5.32 Å². The molecule has 1 aliphatic rings. The van der Waals surface area contributed by atoms with E-state index in [0.29, 0.717) is 12.1 Å². The van der Waals surface area contributed by atoms with Gasteiger partial charge in [-0.1, -0.05) is 13.3 Å². The van der Waals surface area contributed by atoms with E-state index in [0.717, 1.165) is 38.2 Å². The average Bonchev–Trinajstić information content (AvgIpc) is 2.83. The summed E-state index contributed by atoms with van der Waals surface area (Å²) in [7, 11) is 0. The van der Waals surface area contributed by atoms with Crippen molar-refractivity contribution in [3.8, 4) is 0 Å². The van der Waals surface area contributed by atoms with Crippen molar-refractivity contribution in [2.75, 3.05) is 13.2 Å². The summed E-state index contributed by atoms with van der Waals surface area (Å²) < 4.78 is 5.74. The molecule has 1 fully saturated rings. The first kappa shape index (κ1) is 12.6. The van der Waals surface area contributed by atoms with Crippen LogP contribution in [0.25, 0.3) is 0 Å². The molecule has 0 aliphatic carbocycles. The molecule has 1 aromatic rings. The fourth-order valence-electron chi connectivity index (χ4n) is 2.42. The standard InChI is InChI=1S/C13H23N3O/c1-2-3-12-10-11(5-9-17-12)14-6-4-13-15-7-8-16-13/h7-8,11-12,14H,2-6,9-10H2,1H3,(H,15,16). The monoisotopic (exact) mass is 237 g/mol. The molecule has 96 valence electrons. The number of ether oxygens (including phenoxy) is 1. The Balaban J connectivity index is 1.65. The first-order valence-electron chi connectivity index (χ1n) is 6.71. The third kappa shape index (κ3) is 4.13. The fourth-order valence-corrected chi connectivity index (χ4v) is 2.42. The highest BCUT2D eigenvalue weighted by molar-refractivity contribution is 4.88. The smallest absolute Gasteiger partial charge is 0.107 e. The lowest BCUT2D eigenvalue weighted by molar-refractivity contribution is -0.00301. The summed E-state index contributed by atoms with van der Waals surface area (Å²) in [5.41, 5.74) is 0. The second-order valence-electron chi connectivity index (χ2n) is 4.74. The minimum absolute atomic E-state index is 0.467. The molecule has 2 N–H and O–H groups in total. The molecule has 1 aromatic heterocycles. The molecule has 0 aromatic carbocycles. The lowest BCUT2D eigenvalue weighted by Gasteiger charge is -2.30. The molecule has 2 heterocycles. The van der Waals surface area contributed by atoms with E-state index in [4.69, 9.17) is 4.74 Å². The Morgan fingerprint density at radius 2 is 2.53 bits per heavy atom. The molecule has 4 nitrogen and oxygen atoms in total. The van der Waals surface area contributed by atoms with E-state index < -0.39 is 0 Å². The zero-order valence-electron chi connectivity index (χ0n) is 10.6. The van der Waals surface area contributed by atoms with Gasteiger partial charge in [-0.2, -0.15) is 0 Å². The Kier molecular flexibility index (Phi) is 5.01. The lowest BCUT2D eigenvalue weighted by Crippen LogP contribution is -2.39. The Morgan fingerprint density at radius 3 is 3.29 bits per heavy atom. The summed E-state index contributed by atoms with van der Waals surface area (Å²) in [6.45, 7) is 4.12. The molecule has 4 heteroatoms. The summed E-state index contributed by atoms with van der Waals surface area (Å²) in [5, 5.41) is 3.61. The molecule has 0 saturated carbocycles. The van der Waals surface area contributed by atoms with Crippen LogP contribution in [0.5, 0.6) is 0 Å². The average molecular weight is 237 g/mol. The van der Waals surface area contributed by atoms with Gasteiger partial charge >= 0.3 is 0 Å². The van der Waals surface area contributed by atoms with Gasteiger partial charge in [-0.05, 0) is 19.3 Å². The molecular formula is C13H23N3O. The van der Waals surface area contributed by atoms with Crippen molar-refractivity contribution in [1.82, 2.24) is 15.3 Å². The van der Waals surface area contributed by atoms with E-state index in [1.54, 1.807) is 6.20 Å². The van der Waals surface area contributed by atoms with E-state index in [-0.39, 0.29) is 0 Å². The van der Waals surface area contributed by atoms with Gasteiger partial charge in [0.2, 0.25) is 0 Å². The zero-order chi connectivity index (χ0) is 11.9. The molecule has 2 atom stereocenters. The van der Waals surface area contributed by atoms with Crippen LogP contribution in [-0.4, -0.2) is 35.3 Å². The van der Waals surface area contributed by atoms with Crippen molar-refractivity contribution in [2.45, 2.75) is 51.2 Å². The highest BCUT2D eigenvalue weighted by atomic mass is 16.5. The number of aromatic amines is 1. The maximum Gasteiger partial charge on any atom is 0.107 e.